The molecule has 12 aromatic heterocycles. The lowest BCUT2D eigenvalue weighted by atomic mass is 10.0. The molecule has 0 radical (unpaired) electrons. The van der Waals surface area contributed by atoms with E-state index in [4.69, 9.17) is 87.7 Å². The standard InChI is InChI=1S/C19H14N6O.C17H13N5O.C14H13Cl2N7O3.C14H12N6O2.C13H10N6O.C7H6N6O/c20-11-12-25-17(14-9-5-2-6-10-14)15(13-7-3-1-4-8-13)22-19(25)16-18(21)24-26-23-16;18-16-15(21-23-22-16)17-19-13(11-7-3-1-4-8-11)14(20-17)12-9-5-2-6-10-12;1-6-11(19-22-23(6)13-12(17)20-26-21-13)14(25)18-10(5-24)7-2-3-8(15)9(16)4-7;1-21-10-4-2-9(3-5-10)11-8-20(7-6-15)14(17-11)12-13(16)19-22-18-12;14-6-7-19-8-10(9-4-2-1-3-5-9)16-13(19)11-12(15)18-20-17-11;8-1-3-13-4-2-10-7(13)5-6(9)12-14-11-5/h1-10H,12H2,(H2,21,24);1-10H,(H2,18,22)(H,19,20);2-4,10,24H,5H2,1H3,(H2,17,20)(H,18,25);2-5,8H,7H2,1H3,(H2,16,19);1-5,8H,7H2,(H2,15,18);2,4H,3H2,(H2,9,12). The van der Waals surface area contributed by atoms with E-state index >= 15 is 0 Å². The first-order valence-corrected chi connectivity index (χ1v) is 39.2. The molecule has 45 nitrogen and oxygen atoms in total. The van der Waals surface area contributed by atoms with Crippen molar-refractivity contribution in [3.63, 3.8) is 0 Å². The quantitative estimate of drug-likeness (QED) is 0.0323. The molecule has 1 unspecified atom stereocenters. The second-order valence-electron chi connectivity index (χ2n) is 27.0. The van der Waals surface area contributed by atoms with E-state index in [0.29, 0.717) is 84.6 Å². The number of aromatic nitrogens is 25. The fraction of sp³-hybridized carbons (Fsp3) is 0.0952. The van der Waals surface area contributed by atoms with Gasteiger partial charge in [0, 0.05) is 58.2 Å². The van der Waals surface area contributed by atoms with Gasteiger partial charge in [-0.1, -0.05) is 186 Å². The van der Waals surface area contributed by atoms with Gasteiger partial charge in [-0.2, -0.15) is 25.7 Å². The van der Waals surface area contributed by atoms with Crippen LogP contribution in [0.5, 0.6) is 5.75 Å². The number of anilines is 6. The molecular weight excluding hydrogens is 1730 g/mol. The van der Waals surface area contributed by atoms with Gasteiger partial charge in [0.1, 0.15) is 31.9 Å². The van der Waals surface area contributed by atoms with Crippen LogP contribution in [0, 0.1) is 52.2 Å². The Morgan fingerprint density at radius 2 is 0.916 bits per heavy atom. The number of benzene rings is 7. The van der Waals surface area contributed by atoms with Crippen LogP contribution >= 0.6 is 23.2 Å². The Bertz CT molecular complexity index is 7170. The van der Waals surface area contributed by atoms with Crippen LogP contribution < -0.4 is 44.5 Å². The van der Waals surface area contributed by atoms with E-state index in [-0.39, 0.29) is 79.2 Å². The summed E-state index contributed by atoms with van der Waals surface area (Å²) in [4.78, 5) is 38.2. The summed E-state index contributed by atoms with van der Waals surface area (Å²) in [6.07, 6.45) is 6.75. The molecule has 12 heterocycles. The summed E-state index contributed by atoms with van der Waals surface area (Å²) in [5, 5.41) is 100.0. The molecule has 0 fully saturated rings. The lowest BCUT2D eigenvalue weighted by molar-refractivity contribution is 0.0910. The number of hydrogen-bond donors (Lipinski definition) is 9. The smallest absolute Gasteiger partial charge is 0.274 e. The van der Waals surface area contributed by atoms with E-state index in [1.807, 2.05) is 182 Å². The number of H-pyrrole nitrogens is 1. The highest BCUT2D eigenvalue weighted by atomic mass is 35.5. The van der Waals surface area contributed by atoms with Crippen LogP contribution in [0.4, 0.5) is 34.9 Å². The average Bonchev–Trinajstić information content (AvgIpc) is 1.62. The van der Waals surface area contributed by atoms with E-state index in [9.17, 15) is 15.2 Å². The van der Waals surface area contributed by atoms with E-state index in [0.717, 1.165) is 67.6 Å². The van der Waals surface area contributed by atoms with Gasteiger partial charge in [-0.25, -0.2) is 52.7 Å². The zero-order valence-corrected chi connectivity index (χ0v) is 69.9. The molecular formula is C84H68Cl2N36O9. The van der Waals surface area contributed by atoms with Crippen molar-refractivity contribution in [1.29, 1.82) is 21.0 Å². The molecule has 1 atom stereocenters. The number of methoxy groups -OCH3 is 1. The van der Waals surface area contributed by atoms with Crippen molar-refractivity contribution < 1.29 is 42.4 Å². The zero-order chi connectivity index (χ0) is 91.9. The molecule has 0 aliphatic carbocycles. The number of aliphatic hydroxyl groups excluding tert-OH is 1. The zero-order valence-electron chi connectivity index (χ0n) is 68.4. The molecule has 19 aromatic rings. The number of rotatable bonds is 21. The SMILES string of the molecule is COc1ccc(-c2cn(CC#N)c(-c3nonc3N)n2)cc1.Cc1c(C(=O)NC(CO)c2ccc(Cl)c(Cl)c2)nnn1-c1nonc1N.N#CCn1c(-c2nonc2N)nc(-c2ccccc2)c1-c1ccccc1.N#CCn1cc(-c2ccccc2)nc1-c1nonc1N.N#CCn1ccnc1-c1nonc1N.Nc1nonc1-c1nc(-c2ccccc2)c(-c2ccccc2)[nH]1. The predicted octanol–water partition coefficient (Wildman–Crippen LogP) is 11.5. The summed E-state index contributed by atoms with van der Waals surface area (Å²) in [6.45, 7) is 1.78. The van der Waals surface area contributed by atoms with Crippen molar-refractivity contribution in [2.45, 2.75) is 39.1 Å². The number of aromatic amines is 1. The minimum atomic E-state index is -0.708. The Kier molecular flexibility index (Phi) is 28.1. The third-order valence-electron chi connectivity index (χ3n) is 18.8. The minimum Gasteiger partial charge on any atom is -0.497 e. The normalized spacial score (nSPS) is 10.8. The number of ether oxygens (including phenoxy) is 1. The molecule has 47 heteroatoms. The Morgan fingerprint density at radius 3 is 1.38 bits per heavy atom. The Labute approximate surface area is 748 Å². The highest BCUT2D eigenvalue weighted by Crippen LogP contribution is 2.39. The summed E-state index contributed by atoms with van der Waals surface area (Å²) in [7, 11) is 1.61. The van der Waals surface area contributed by atoms with Gasteiger partial charge in [0.2, 0.25) is 11.6 Å². The van der Waals surface area contributed by atoms with Gasteiger partial charge in [-0.3, -0.25) is 4.79 Å². The largest absolute Gasteiger partial charge is 0.497 e. The topological polar surface area (TPSA) is 674 Å². The molecule has 7 aromatic carbocycles. The number of aliphatic hydroxyl groups is 1. The lowest BCUT2D eigenvalue weighted by Gasteiger charge is -2.16. The van der Waals surface area contributed by atoms with Crippen LogP contribution in [-0.2, 0) is 26.2 Å². The number of carbonyl (C=O) groups is 1. The maximum Gasteiger partial charge on any atom is 0.274 e. The monoisotopic (exact) mass is 1790 g/mol. The molecule has 131 heavy (non-hydrogen) atoms. The Balaban J connectivity index is 0.000000128. The number of nitrogens with zero attached hydrogens (tertiary/aromatic N) is 28. The number of imidazole rings is 5. The molecule has 0 spiro atoms. The lowest BCUT2D eigenvalue weighted by Crippen LogP contribution is -2.31. The third kappa shape index (κ3) is 20.3. The van der Waals surface area contributed by atoms with Gasteiger partial charge in [-0.05, 0) is 111 Å². The molecule has 0 saturated carbocycles. The van der Waals surface area contributed by atoms with Gasteiger partial charge < -0.3 is 72.8 Å². The number of amides is 1. The Morgan fingerprint density at radius 1 is 0.473 bits per heavy atom. The molecule has 1 amide bonds. The summed E-state index contributed by atoms with van der Waals surface area (Å²) >= 11 is 11.9. The van der Waals surface area contributed by atoms with E-state index in [1.54, 1.807) is 75.3 Å². The van der Waals surface area contributed by atoms with Crippen molar-refractivity contribution in [3.8, 4) is 161 Å². The maximum atomic E-state index is 12.5. The van der Waals surface area contributed by atoms with E-state index < -0.39 is 11.9 Å². The van der Waals surface area contributed by atoms with Crippen LogP contribution in [0.1, 0.15) is 27.8 Å². The van der Waals surface area contributed by atoms with Crippen molar-refractivity contribution >= 4 is 64.0 Å². The first-order chi connectivity index (χ1) is 63.9. The molecule has 652 valence electrons. The highest BCUT2D eigenvalue weighted by Gasteiger charge is 2.29. The number of nitrogen functional groups attached to an aromatic ring is 6. The van der Waals surface area contributed by atoms with Gasteiger partial charge in [0.05, 0.1) is 93.9 Å². The molecule has 0 saturated heterocycles. The van der Waals surface area contributed by atoms with Crippen LogP contribution in [0.2, 0.25) is 10.0 Å². The summed E-state index contributed by atoms with van der Waals surface area (Å²) in [5.74, 6) is 3.47. The summed E-state index contributed by atoms with van der Waals surface area (Å²) in [6, 6.07) is 69.0. The average molecular weight is 1800 g/mol. The number of halogens is 2. The van der Waals surface area contributed by atoms with Gasteiger partial charge in [0.25, 0.3) is 5.91 Å². The summed E-state index contributed by atoms with van der Waals surface area (Å²) in [5.41, 5.74) is 47.3. The van der Waals surface area contributed by atoms with E-state index in [2.05, 4.69) is 144 Å². The third-order valence-corrected chi connectivity index (χ3v) is 19.6. The highest BCUT2D eigenvalue weighted by molar-refractivity contribution is 6.42. The molecule has 19 rings (SSSR count). The number of nitrogens with two attached hydrogens (primary N) is 6. The molecule has 0 bridgehead atoms. The van der Waals surface area contributed by atoms with Gasteiger partial charge >= 0.3 is 0 Å². The minimum absolute atomic E-state index is 0.00833. The van der Waals surface area contributed by atoms with Crippen LogP contribution in [-0.4, -0.2) is 150 Å². The number of carbonyl (C=O) groups excluding carboxylic acids is 1. The number of nitrogens with one attached hydrogen (secondary N) is 2. The van der Waals surface area contributed by atoms with Crippen molar-refractivity contribution in [2.75, 3.05) is 48.1 Å². The first-order valence-electron chi connectivity index (χ1n) is 38.4. The van der Waals surface area contributed by atoms with Crippen LogP contribution in [0.25, 0.3) is 131 Å². The van der Waals surface area contributed by atoms with Crippen molar-refractivity contribution in [3.05, 3.63) is 246 Å². The van der Waals surface area contributed by atoms with Gasteiger partial charge in [-0.15, -0.1) is 5.10 Å². The van der Waals surface area contributed by atoms with Crippen LogP contribution in [0.15, 0.2) is 247 Å². The molecule has 0 aliphatic rings. The molecule has 15 N–H and O–H groups in total. The molecule has 0 aliphatic heterocycles. The number of hydrogen-bond acceptors (Lipinski definition) is 38. The van der Waals surface area contributed by atoms with Crippen molar-refractivity contribution in [2.24, 2.45) is 0 Å². The fourth-order valence-corrected chi connectivity index (χ4v) is 13.0. The van der Waals surface area contributed by atoms with Gasteiger partial charge in [0.15, 0.2) is 92.4 Å². The first kappa shape index (κ1) is 88.5. The predicted molar refractivity (Wildman–Crippen MR) is 470 cm³/mol. The summed E-state index contributed by atoms with van der Waals surface area (Å²) < 4.78 is 40.6. The van der Waals surface area contributed by atoms with Crippen LogP contribution in [0.3, 0.4) is 0 Å². The Hall–Kier alpha value is -18.9. The van der Waals surface area contributed by atoms with E-state index in [1.165, 1.54) is 4.68 Å². The second-order valence-corrected chi connectivity index (χ2v) is 27.8. The van der Waals surface area contributed by atoms with Crippen molar-refractivity contribution in [1.82, 2.24) is 130 Å². The maximum absolute atomic E-state index is 12.5. The number of nitriles is 4. The fourth-order valence-electron chi connectivity index (χ4n) is 12.7. The second kappa shape index (κ2) is 41.5.